The second-order valence-electron chi connectivity index (χ2n) is 19.5. The number of carbonyl (C=O) groups is 3. The molecule has 0 heterocycles. The molecule has 0 radical (unpaired) electrons. The molecule has 0 saturated carbocycles. The molecule has 0 N–H and O–H groups in total. The summed E-state index contributed by atoms with van der Waals surface area (Å²) < 4.78 is 16.8. The van der Waals surface area contributed by atoms with E-state index in [2.05, 4.69) is 93.7 Å². The minimum atomic E-state index is -0.777. The van der Waals surface area contributed by atoms with E-state index in [1.807, 2.05) is 0 Å². The maximum atomic E-state index is 12.8. The van der Waals surface area contributed by atoms with Crippen LogP contribution >= 0.6 is 0 Å². The Kier molecular flexibility index (Phi) is 54.8. The van der Waals surface area contributed by atoms with Crippen LogP contribution in [0.4, 0.5) is 0 Å². The van der Waals surface area contributed by atoms with Crippen molar-refractivity contribution in [1.82, 2.24) is 0 Å². The van der Waals surface area contributed by atoms with Crippen molar-refractivity contribution in [3.8, 4) is 0 Å². The number of allylic oxidation sites excluding steroid dienone is 12. The summed E-state index contributed by atoms with van der Waals surface area (Å²) >= 11 is 0. The molecule has 0 amide bonds. The third-order valence-corrected chi connectivity index (χ3v) is 12.7. The van der Waals surface area contributed by atoms with Crippen molar-refractivity contribution >= 4 is 17.9 Å². The summed E-state index contributed by atoms with van der Waals surface area (Å²) in [5.41, 5.74) is 0. The molecule has 1 atom stereocenters. The van der Waals surface area contributed by atoms with Crippen molar-refractivity contribution in [2.24, 2.45) is 0 Å². The van der Waals surface area contributed by atoms with Crippen molar-refractivity contribution < 1.29 is 28.6 Å². The minimum Gasteiger partial charge on any atom is -0.462 e. The number of hydrogen-bond acceptors (Lipinski definition) is 6. The van der Waals surface area contributed by atoms with E-state index in [1.165, 1.54) is 161 Å². The quantitative estimate of drug-likeness (QED) is 0.0262. The first-order valence-corrected chi connectivity index (χ1v) is 29.4. The predicted octanol–water partition coefficient (Wildman–Crippen LogP) is 19.8. The van der Waals surface area contributed by atoms with Gasteiger partial charge in [-0.25, -0.2) is 0 Å². The third kappa shape index (κ3) is 55.6. The molecule has 0 aliphatic carbocycles. The molecule has 0 aliphatic heterocycles. The second-order valence-corrected chi connectivity index (χ2v) is 19.5. The van der Waals surface area contributed by atoms with E-state index in [0.29, 0.717) is 19.3 Å². The molecule has 398 valence electrons. The highest BCUT2D eigenvalue weighted by atomic mass is 16.6. The fourth-order valence-corrected chi connectivity index (χ4v) is 8.29. The molecule has 0 aliphatic rings. The van der Waals surface area contributed by atoms with Crippen LogP contribution in [0.5, 0.6) is 0 Å². The zero-order chi connectivity index (χ0) is 50.0. The van der Waals surface area contributed by atoms with Crippen molar-refractivity contribution in [3.05, 3.63) is 72.9 Å². The summed E-state index contributed by atoms with van der Waals surface area (Å²) in [6, 6.07) is 0. The van der Waals surface area contributed by atoms with Gasteiger partial charge in [0.2, 0.25) is 0 Å². The van der Waals surface area contributed by atoms with E-state index in [9.17, 15) is 14.4 Å². The first kappa shape index (κ1) is 65.8. The smallest absolute Gasteiger partial charge is 0.306 e. The fourth-order valence-electron chi connectivity index (χ4n) is 8.29. The summed E-state index contributed by atoms with van der Waals surface area (Å²) in [6.45, 7) is 6.50. The maximum Gasteiger partial charge on any atom is 0.306 e. The number of rotatable bonds is 53. The zero-order valence-electron chi connectivity index (χ0n) is 45.6. The van der Waals surface area contributed by atoms with Crippen molar-refractivity contribution in [2.45, 2.75) is 297 Å². The number of ether oxygens (including phenoxy) is 3. The molecule has 0 bridgehead atoms. The van der Waals surface area contributed by atoms with Gasteiger partial charge in [-0.05, 0) is 89.9 Å². The fraction of sp³-hybridized carbons (Fsp3) is 0.762. The van der Waals surface area contributed by atoms with Crippen molar-refractivity contribution in [1.29, 1.82) is 0 Å². The monoisotopic (exact) mass is 963 g/mol. The van der Waals surface area contributed by atoms with Gasteiger partial charge in [0.1, 0.15) is 13.2 Å². The Hall–Kier alpha value is -3.15. The van der Waals surface area contributed by atoms with E-state index in [1.54, 1.807) is 0 Å². The number of hydrogen-bond donors (Lipinski definition) is 0. The Labute approximate surface area is 427 Å². The zero-order valence-corrected chi connectivity index (χ0v) is 45.6. The van der Waals surface area contributed by atoms with E-state index in [4.69, 9.17) is 14.2 Å². The number of carbonyl (C=O) groups excluding carboxylic acids is 3. The Balaban J connectivity index is 4.25. The van der Waals surface area contributed by atoms with Gasteiger partial charge in [0.25, 0.3) is 0 Å². The van der Waals surface area contributed by atoms with E-state index in [-0.39, 0.29) is 31.1 Å². The lowest BCUT2D eigenvalue weighted by molar-refractivity contribution is -0.167. The Morgan fingerprint density at radius 2 is 0.565 bits per heavy atom. The van der Waals surface area contributed by atoms with Crippen LogP contribution in [0.2, 0.25) is 0 Å². The van der Waals surface area contributed by atoms with Crippen LogP contribution < -0.4 is 0 Å². The minimum absolute atomic E-state index is 0.0760. The van der Waals surface area contributed by atoms with Crippen molar-refractivity contribution in [2.75, 3.05) is 13.2 Å². The van der Waals surface area contributed by atoms with Crippen LogP contribution in [0.3, 0.4) is 0 Å². The van der Waals surface area contributed by atoms with E-state index in [0.717, 1.165) is 89.9 Å². The summed E-state index contributed by atoms with van der Waals surface area (Å²) in [5.74, 6) is -0.878. The first-order valence-electron chi connectivity index (χ1n) is 29.4. The molecule has 0 aromatic rings. The van der Waals surface area contributed by atoms with Crippen LogP contribution in [0.1, 0.15) is 290 Å². The van der Waals surface area contributed by atoms with Crippen LogP contribution in [0.15, 0.2) is 72.9 Å². The lowest BCUT2D eigenvalue weighted by atomic mass is 10.1. The highest BCUT2D eigenvalue weighted by Gasteiger charge is 2.19. The first-order chi connectivity index (χ1) is 34.0. The molecule has 6 nitrogen and oxygen atoms in total. The van der Waals surface area contributed by atoms with Gasteiger partial charge in [0.15, 0.2) is 6.10 Å². The average molecular weight is 964 g/mol. The number of esters is 3. The average Bonchev–Trinajstić information content (AvgIpc) is 3.35. The van der Waals surface area contributed by atoms with Gasteiger partial charge in [-0.15, -0.1) is 0 Å². The summed E-state index contributed by atoms with van der Waals surface area (Å²) in [6.07, 6.45) is 73.3. The van der Waals surface area contributed by atoms with Gasteiger partial charge in [0.05, 0.1) is 0 Å². The molecule has 0 saturated heterocycles. The van der Waals surface area contributed by atoms with Gasteiger partial charge >= 0.3 is 17.9 Å². The summed E-state index contributed by atoms with van der Waals surface area (Å²) in [4.78, 5) is 38.1. The molecule has 6 heteroatoms. The highest BCUT2D eigenvalue weighted by molar-refractivity contribution is 5.71. The molecule has 0 fully saturated rings. The topological polar surface area (TPSA) is 78.9 Å². The second kappa shape index (κ2) is 57.4. The molecular weight excluding hydrogens is 853 g/mol. The molecular formula is C63H110O6. The van der Waals surface area contributed by atoms with Gasteiger partial charge in [-0.1, -0.05) is 254 Å². The lowest BCUT2D eigenvalue weighted by Gasteiger charge is -2.18. The Morgan fingerprint density at radius 1 is 0.304 bits per heavy atom. The normalized spacial score (nSPS) is 12.6. The standard InChI is InChI=1S/C63H110O6/c1-4-7-10-13-16-19-21-23-25-27-29-30-31-32-34-35-37-39-41-44-47-50-53-56-62(65)68-59-60(58-67-61(64)55-52-49-46-43-18-15-12-9-6-3)69-63(66)57-54-51-48-45-42-40-38-36-33-28-26-24-22-20-17-14-11-8-5-2/h7,10,16-17,19-20,23-26,29-30,60H,4-6,8-9,11-15,18,21-22,27-28,31-59H2,1-3H3/b10-7-,19-16-,20-17-,25-23-,26-24-,30-29-. The molecule has 1 unspecified atom stereocenters. The molecule has 0 rings (SSSR count). The van der Waals surface area contributed by atoms with Crippen LogP contribution in [0, 0.1) is 0 Å². The Bertz CT molecular complexity index is 1290. The Morgan fingerprint density at radius 3 is 0.913 bits per heavy atom. The van der Waals surface area contributed by atoms with Gasteiger partial charge < -0.3 is 14.2 Å². The van der Waals surface area contributed by atoms with Crippen LogP contribution in [0.25, 0.3) is 0 Å². The summed E-state index contributed by atoms with van der Waals surface area (Å²) in [5, 5.41) is 0. The van der Waals surface area contributed by atoms with Gasteiger partial charge in [-0.2, -0.15) is 0 Å². The molecule has 0 aromatic carbocycles. The number of unbranched alkanes of at least 4 members (excludes halogenated alkanes) is 30. The lowest BCUT2D eigenvalue weighted by Crippen LogP contribution is -2.30. The largest absolute Gasteiger partial charge is 0.462 e. The molecule has 69 heavy (non-hydrogen) atoms. The molecule has 0 aromatic heterocycles. The van der Waals surface area contributed by atoms with Crippen LogP contribution in [-0.2, 0) is 28.6 Å². The van der Waals surface area contributed by atoms with E-state index < -0.39 is 6.10 Å². The molecule has 0 spiro atoms. The van der Waals surface area contributed by atoms with E-state index >= 15 is 0 Å². The van der Waals surface area contributed by atoms with Crippen LogP contribution in [-0.4, -0.2) is 37.2 Å². The van der Waals surface area contributed by atoms with Gasteiger partial charge in [0, 0.05) is 19.3 Å². The van der Waals surface area contributed by atoms with Gasteiger partial charge in [-0.3, -0.25) is 14.4 Å². The predicted molar refractivity (Wildman–Crippen MR) is 298 cm³/mol. The SMILES string of the molecule is CC/C=C\C/C=C\C/C=C\C/C=C\CCCCCCCCCCCCC(=O)OCC(COC(=O)CCCCCCCCCCC)OC(=O)CCCCCCCCCCC/C=C\C/C=C\CCCCC. The van der Waals surface area contributed by atoms with Crippen molar-refractivity contribution in [3.63, 3.8) is 0 Å². The maximum absolute atomic E-state index is 12.8. The summed E-state index contributed by atoms with van der Waals surface area (Å²) in [7, 11) is 0. The highest BCUT2D eigenvalue weighted by Crippen LogP contribution is 2.16. The third-order valence-electron chi connectivity index (χ3n) is 12.7.